The first-order valence-electron chi connectivity index (χ1n) is 12.7. The lowest BCUT2D eigenvalue weighted by Crippen LogP contribution is -2.45. The predicted octanol–water partition coefficient (Wildman–Crippen LogP) is 2.69. The Balaban J connectivity index is 2.65. The van der Waals surface area contributed by atoms with Gasteiger partial charge in [0.1, 0.15) is 6.61 Å². The summed E-state index contributed by atoms with van der Waals surface area (Å²) in [7, 11) is 0. The molecule has 0 saturated carbocycles. The zero-order valence-electron chi connectivity index (χ0n) is 21.7. The van der Waals surface area contributed by atoms with Crippen molar-refractivity contribution in [1.82, 2.24) is 10.6 Å². The maximum atomic E-state index is 13.0. The Labute approximate surface area is 220 Å². The molecule has 9 heteroatoms. The molecule has 1 rings (SSSR count). The molecule has 2 amide bonds. The molecule has 0 aliphatic carbocycles. The van der Waals surface area contributed by atoms with E-state index in [4.69, 9.17) is 19.3 Å². The molecule has 0 aliphatic rings. The van der Waals surface area contributed by atoms with Gasteiger partial charge in [-0.3, -0.25) is 14.4 Å². The highest BCUT2D eigenvalue weighted by atomic mass is 16.5. The minimum absolute atomic E-state index is 0.0292. The van der Waals surface area contributed by atoms with E-state index in [1.807, 2.05) is 36.4 Å². The molecule has 0 heterocycles. The van der Waals surface area contributed by atoms with Crippen LogP contribution in [0.3, 0.4) is 0 Å². The summed E-state index contributed by atoms with van der Waals surface area (Å²) >= 11 is 0. The predicted molar refractivity (Wildman–Crippen MR) is 141 cm³/mol. The highest BCUT2D eigenvalue weighted by molar-refractivity contribution is 5.86. The molecule has 2 atom stereocenters. The molecule has 0 fully saturated rings. The van der Waals surface area contributed by atoms with Crippen molar-refractivity contribution in [3.63, 3.8) is 0 Å². The lowest BCUT2D eigenvalue weighted by atomic mass is 9.99. The van der Waals surface area contributed by atoms with Crippen LogP contribution < -0.4 is 10.6 Å². The number of rotatable bonds is 22. The lowest BCUT2D eigenvalue weighted by molar-refractivity contribution is -0.146. The van der Waals surface area contributed by atoms with Crippen LogP contribution in [0.2, 0.25) is 0 Å². The number of unbranched alkanes of at least 4 members (excludes halogenated alkanes) is 2. The Morgan fingerprint density at radius 2 is 1.78 bits per heavy atom. The van der Waals surface area contributed by atoms with Crippen molar-refractivity contribution in [2.45, 2.75) is 51.2 Å². The van der Waals surface area contributed by atoms with Gasteiger partial charge in [-0.15, -0.1) is 13.2 Å². The number of carbonyl (C=O) groups is 3. The van der Waals surface area contributed by atoms with Gasteiger partial charge in [0, 0.05) is 19.4 Å². The first-order valence-corrected chi connectivity index (χ1v) is 12.7. The third kappa shape index (κ3) is 16.4. The molecule has 0 saturated heterocycles. The number of hydrogen-bond donors (Lipinski definition) is 3. The van der Waals surface area contributed by atoms with Gasteiger partial charge < -0.3 is 30.0 Å². The maximum absolute atomic E-state index is 13.0. The van der Waals surface area contributed by atoms with Crippen molar-refractivity contribution in [1.29, 1.82) is 0 Å². The fourth-order valence-corrected chi connectivity index (χ4v) is 3.38. The van der Waals surface area contributed by atoms with E-state index in [1.54, 1.807) is 6.08 Å². The quantitative estimate of drug-likeness (QED) is 0.123. The van der Waals surface area contributed by atoms with E-state index in [2.05, 4.69) is 23.8 Å². The second kappa shape index (κ2) is 21.1. The topological polar surface area (TPSA) is 123 Å². The van der Waals surface area contributed by atoms with Crippen molar-refractivity contribution < 1.29 is 33.7 Å². The zero-order valence-corrected chi connectivity index (χ0v) is 21.7. The standard InChI is InChI=1S/C28H42N2O7/c1-3-5-6-10-14-27(33)37-22-25(21-36-20-23-12-8-7-9-13-23)30-28(34)24(11-4-2)19-26(32)29-15-17-35-18-16-31/h3-4,7-9,12-13,24-25,31H,1-2,5-6,10-11,14-22H2,(H,29,32)(H,30,34)/t24-,25+/m1/s1. The molecule has 0 aromatic heterocycles. The maximum Gasteiger partial charge on any atom is 0.305 e. The monoisotopic (exact) mass is 518 g/mol. The lowest BCUT2D eigenvalue weighted by Gasteiger charge is -2.22. The summed E-state index contributed by atoms with van der Waals surface area (Å²) in [6.07, 6.45) is 6.37. The number of esters is 1. The molecule has 0 spiro atoms. The van der Waals surface area contributed by atoms with Gasteiger partial charge in [0.2, 0.25) is 11.8 Å². The Bertz CT molecular complexity index is 801. The largest absolute Gasteiger partial charge is 0.463 e. The summed E-state index contributed by atoms with van der Waals surface area (Å²) in [6, 6.07) is 9.04. The molecular formula is C28H42N2O7. The Kier molecular flexibility index (Phi) is 18.3. The molecular weight excluding hydrogens is 476 g/mol. The third-order valence-electron chi connectivity index (χ3n) is 5.32. The molecule has 1 aromatic rings. The van der Waals surface area contributed by atoms with Gasteiger partial charge in [0.05, 0.1) is 45.0 Å². The average Bonchev–Trinajstić information content (AvgIpc) is 2.89. The van der Waals surface area contributed by atoms with E-state index in [0.717, 1.165) is 18.4 Å². The third-order valence-corrected chi connectivity index (χ3v) is 5.32. The second-order valence-corrected chi connectivity index (χ2v) is 8.54. The van der Waals surface area contributed by atoms with Gasteiger partial charge in [-0.05, 0) is 31.2 Å². The highest BCUT2D eigenvalue weighted by Gasteiger charge is 2.24. The summed E-state index contributed by atoms with van der Waals surface area (Å²) in [6.45, 7) is 8.48. The van der Waals surface area contributed by atoms with E-state index in [-0.39, 0.29) is 63.8 Å². The molecule has 0 unspecified atom stereocenters. The van der Waals surface area contributed by atoms with Crippen LogP contribution in [0.4, 0.5) is 0 Å². The fraction of sp³-hybridized carbons (Fsp3) is 0.536. The Morgan fingerprint density at radius 3 is 2.49 bits per heavy atom. The van der Waals surface area contributed by atoms with Crippen molar-refractivity contribution in [2.24, 2.45) is 5.92 Å². The first kappa shape index (κ1) is 32.0. The Morgan fingerprint density at radius 1 is 1.00 bits per heavy atom. The van der Waals surface area contributed by atoms with Crippen LogP contribution in [0.5, 0.6) is 0 Å². The van der Waals surface area contributed by atoms with Gasteiger partial charge in [0.25, 0.3) is 0 Å². The number of amides is 2. The van der Waals surface area contributed by atoms with Crippen molar-refractivity contribution in [3.05, 3.63) is 61.2 Å². The SMILES string of the molecule is C=CCCCCC(=O)OC[C@H](COCc1ccccc1)NC(=O)[C@H](CC=C)CC(=O)NCCOCCO. The molecule has 3 N–H and O–H groups in total. The molecule has 0 radical (unpaired) electrons. The number of ether oxygens (including phenoxy) is 3. The summed E-state index contributed by atoms with van der Waals surface area (Å²) in [5.74, 6) is -1.61. The minimum Gasteiger partial charge on any atom is -0.463 e. The van der Waals surface area contributed by atoms with Crippen LogP contribution in [-0.4, -0.2) is 68.5 Å². The van der Waals surface area contributed by atoms with Gasteiger partial charge in [0.15, 0.2) is 0 Å². The summed E-state index contributed by atoms with van der Waals surface area (Å²) < 4.78 is 16.3. The van der Waals surface area contributed by atoms with Crippen LogP contribution in [0.15, 0.2) is 55.6 Å². The number of nitrogens with one attached hydrogen (secondary N) is 2. The number of hydrogen-bond acceptors (Lipinski definition) is 7. The Hall–Kier alpha value is -3.01. The van der Waals surface area contributed by atoms with E-state index in [9.17, 15) is 14.4 Å². The van der Waals surface area contributed by atoms with Crippen LogP contribution >= 0.6 is 0 Å². The second-order valence-electron chi connectivity index (χ2n) is 8.54. The smallest absolute Gasteiger partial charge is 0.305 e. The summed E-state index contributed by atoms with van der Waals surface area (Å²) in [4.78, 5) is 37.5. The van der Waals surface area contributed by atoms with Crippen molar-refractivity contribution >= 4 is 17.8 Å². The summed E-state index contributed by atoms with van der Waals surface area (Å²) in [5.41, 5.74) is 0.982. The van der Waals surface area contributed by atoms with Crippen LogP contribution in [0, 0.1) is 5.92 Å². The van der Waals surface area contributed by atoms with Crippen molar-refractivity contribution in [2.75, 3.05) is 39.6 Å². The fourth-order valence-electron chi connectivity index (χ4n) is 3.38. The molecule has 0 aliphatic heterocycles. The normalized spacial score (nSPS) is 12.2. The van der Waals surface area contributed by atoms with E-state index in [1.165, 1.54) is 0 Å². The molecule has 37 heavy (non-hydrogen) atoms. The molecule has 0 bridgehead atoms. The van der Waals surface area contributed by atoms with Gasteiger partial charge in [-0.25, -0.2) is 0 Å². The van der Waals surface area contributed by atoms with Gasteiger partial charge >= 0.3 is 5.97 Å². The average molecular weight is 519 g/mol. The number of aliphatic hydroxyl groups excluding tert-OH is 1. The summed E-state index contributed by atoms with van der Waals surface area (Å²) in [5, 5.41) is 14.3. The van der Waals surface area contributed by atoms with E-state index < -0.39 is 12.0 Å². The van der Waals surface area contributed by atoms with Gasteiger partial charge in [-0.1, -0.05) is 42.5 Å². The minimum atomic E-state index is -0.637. The van der Waals surface area contributed by atoms with Gasteiger partial charge in [-0.2, -0.15) is 0 Å². The highest BCUT2D eigenvalue weighted by Crippen LogP contribution is 2.11. The number of benzene rings is 1. The van der Waals surface area contributed by atoms with Crippen LogP contribution in [0.25, 0.3) is 0 Å². The van der Waals surface area contributed by atoms with Crippen LogP contribution in [0.1, 0.15) is 44.1 Å². The van der Waals surface area contributed by atoms with E-state index >= 15 is 0 Å². The van der Waals surface area contributed by atoms with E-state index in [0.29, 0.717) is 25.9 Å². The number of allylic oxidation sites excluding steroid dienone is 2. The van der Waals surface area contributed by atoms with Crippen molar-refractivity contribution in [3.8, 4) is 0 Å². The molecule has 206 valence electrons. The number of carbonyl (C=O) groups excluding carboxylic acids is 3. The first-order chi connectivity index (χ1) is 18.0. The zero-order chi connectivity index (χ0) is 27.1. The number of aliphatic hydroxyl groups is 1. The molecule has 1 aromatic carbocycles. The molecule has 9 nitrogen and oxygen atoms in total. The van der Waals surface area contributed by atoms with Crippen LogP contribution in [-0.2, 0) is 35.2 Å².